The second-order valence-corrected chi connectivity index (χ2v) is 5.72. The number of anilines is 1. The van der Waals surface area contributed by atoms with Gasteiger partial charge in [0.2, 0.25) is 0 Å². The van der Waals surface area contributed by atoms with E-state index < -0.39 is 0 Å². The Bertz CT molecular complexity index is 669. The van der Waals surface area contributed by atoms with Gasteiger partial charge in [0.15, 0.2) is 0 Å². The van der Waals surface area contributed by atoms with Gasteiger partial charge in [-0.3, -0.25) is 9.78 Å². The van der Waals surface area contributed by atoms with Crippen LogP contribution in [0.3, 0.4) is 0 Å². The second kappa shape index (κ2) is 7.93. The number of carbonyl (C=O) groups is 1. The smallest absolute Gasteiger partial charge is 0.258 e. The molecule has 0 bridgehead atoms. The Balaban J connectivity index is 1.86. The van der Waals surface area contributed by atoms with E-state index in [0.29, 0.717) is 24.5 Å². The maximum atomic E-state index is 13.1. The molecule has 126 valence electrons. The number of amides is 1. The molecule has 1 saturated heterocycles. The molecule has 0 N–H and O–H groups in total. The third kappa shape index (κ3) is 3.92. The molecule has 0 radical (unpaired) electrons. The van der Waals surface area contributed by atoms with Crippen molar-refractivity contribution in [2.45, 2.75) is 25.9 Å². The van der Waals surface area contributed by atoms with E-state index in [1.807, 2.05) is 37.3 Å². The van der Waals surface area contributed by atoms with E-state index in [2.05, 4.69) is 4.98 Å². The van der Waals surface area contributed by atoms with Crippen molar-refractivity contribution in [3.05, 3.63) is 54.4 Å². The highest BCUT2D eigenvalue weighted by Crippen LogP contribution is 2.22. The summed E-state index contributed by atoms with van der Waals surface area (Å²) in [6.45, 7) is 3.81. The predicted octanol–water partition coefficient (Wildman–Crippen LogP) is 3.31. The summed E-state index contributed by atoms with van der Waals surface area (Å²) in [6.07, 6.45) is 5.50. The summed E-state index contributed by atoms with van der Waals surface area (Å²) < 4.78 is 11.2. The first kappa shape index (κ1) is 16.5. The van der Waals surface area contributed by atoms with E-state index in [-0.39, 0.29) is 12.0 Å². The number of nitrogens with zero attached hydrogens (tertiary/aromatic N) is 2. The van der Waals surface area contributed by atoms with Gasteiger partial charge in [0, 0.05) is 30.3 Å². The number of aromatic nitrogens is 1. The summed E-state index contributed by atoms with van der Waals surface area (Å²) in [5, 5.41) is 0. The van der Waals surface area contributed by atoms with Gasteiger partial charge in [-0.2, -0.15) is 0 Å². The summed E-state index contributed by atoms with van der Waals surface area (Å²) in [4.78, 5) is 18.9. The van der Waals surface area contributed by atoms with Gasteiger partial charge in [-0.25, -0.2) is 0 Å². The number of hydrogen-bond donors (Lipinski definition) is 0. The van der Waals surface area contributed by atoms with Crippen LogP contribution in [0.4, 0.5) is 5.69 Å². The molecule has 2 aromatic rings. The van der Waals surface area contributed by atoms with Crippen LogP contribution in [-0.4, -0.2) is 36.8 Å². The third-order valence-electron chi connectivity index (χ3n) is 4.02. The first-order chi connectivity index (χ1) is 11.8. The molecule has 1 aromatic heterocycles. The molecule has 1 atom stereocenters. The van der Waals surface area contributed by atoms with E-state index >= 15 is 0 Å². The van der Waals surface area contributed by atoms with Gasteiger partial charge >= 0.3 is 0 Å². The second-order valence-electron chi connectivity index (χ2n) is 5.72. The van der Waals surface area contributed by atoms with Crippen molar-refractivity contribution in [1.29, 1.82) is 0 Å². The molecular formula is C19H22N2O3. The average molecular weight is 326 g/mol. The summed E-state index contributed by atoms with van der Waals surface area (Å²) in [5.74, 6) is 0.647. The minimum Gasteiger partial charge on any atom is -0.494 e. The molecule has 0 spiro atoms. The summed E-state index contributed by atoms with van der Waals surface area (Å²) in [6, 6.07) is 11.0. The highest BCUT2D eigenvalue weighted by atomic mass is 16.5. The molecule has 0 aliphatic carbocycles. The first-order valence-corrected chi connectivity index (χ1v) is 8.34. The fraction of sp³-hybridized carbons (Fsp3) is 0.368. The van der Waals surface area contributed by atoms with Crippen LogP contribution >= 0.6 is 0 Å². The predicted molar refractivity (Wildman–Crippen MR) is 92.5 cm³/mol. The molecule has 0 saturated carbocycles. The lowest BCUT2D eigenvalue weighted by Crippen LogP contribution is -2.37. The lowest BCUT2D eigenvalue weighted by molar-refractivity contribution is 0.0917. The molecule has 24 heavy (non-hydrogen) atoms. The fourth-order valence-corrected chi connectivity index (χ4v) is 2.86. The van der Waals surface area contributed by atoms with Crippen molar-refractivity contribution < 1.29 is 14.3 Å². The molecular weight excluding hydrogens is 304 g/mol. The zero-order valence-corrected chi connectivity index (χ0v) is 13.9. The summed E-state index contributed by atoms with van der Waals surface area (Å²) in [7, 11) is 0. The quantitative estimate of drug-likeness (QED) is 0.817. The van der Waals surface area contributed by atoms with Crippen molar-refractivity contribution in [2.75, 3.05) is 24.7 Å². The molecule has 1 fully saturated rings. The Morgan fingerprint density at radius 3 is 2.88 bits per heavy atom. The van der Waals surface area contributed by atoms with E-state index in [9.17, 15) is 4.79 Å². The van der Waals surface area contributed by atoms with Crippen LogP contribution in [0.25, 0.3) is 0 Å². The number of hydrogen-bond acceptors (Lipinski definition) is 4. The topological polar surface area (TPSA) is 51.7 Å². The summed E-state index contributed by atoms with van der Waals surface area (Å²) in [5.41, 5.74) is 1.43. The van der Waals surface area contributed by atoms with Gasteiger partial charge in [0.1, 0.15) is 5.75 Å². The van der Waals surface area contributed by atoms with Crippen LogP contribution in [0.5, 0.6) is 5.75 Å². The third-order valence-corrected chi connectivity index (χ3v) is 4.02. The van der Waals surface area contributed by atoms with Gasteiger partial charge < -0.3 is 14.4 Å². The minimum absolute atomic E-state index is 0.0572. The van der Waals surface area contributed by atoms with Crippen LogP contribution in [0.1, 0.15) is 30.1 Å². The Morgan fingerprint density at radius 1 is 1.33 bits per heavy atom. The van der Waals surface area contributed by atoms with Gasteiger partial charge in [0.05, 0.1) is 19.3 Å². The minimum atomic E-state index is -0.0572. The Morgan fingerprint density at radius 2 is 2.17 bits per heavy atom. The fourth-order valence-electron chi connectivity index (χ4n) is 2.86. The van der Waals surface area contributed by atoms with Crippen molar-refractivity contribution in [3.63, 3.8) is 0 Å². The van der Waals surface area contributed by atoms with Crippen LogP contribution in [0.2, 0.25) is 0 Å². The molecule has 1 aliphatic heterocycles. The number of pyridine rings is 1. The van der Waals surface area contributed by atoms with Crippen LogP contribution in [0, 0.1) is 0 Å². The van der Waals surface area contributed by atoms with Crippen molar-refractivity contribution >= 4 is 11.6 Å². The lowest BCUT2D eigenvalue weighted by atomic mass is 10.1. The van der Waals surface area contributed by atoms with E-state index in [1.54, 1.807) is 23.4 Å². The Kier molecular flexibility index (Phi) is 5.43. The van der Waals surface area contributed by atoms with Crippen molar-refractivity contribution in [3.8, 4) is 5.75 Å². The normalized spacial score (nSPS) is 16.8. The maximum absolute atomic E-state index is 13.1. The highest BCUT2D eigenvalue weighted by molar-refractivity contribution is 6.06. The van der Waals surface area contributed by atoms with Crippen molar-refractivity contribution in [1.82, 2.24) is 4.98 Å². The zero-order valence-electron chi connectivity index (χ0n) is 13.9. The molecule has 1 aromatic carbocycles. The lowest BCUT2D eigenvalue weighted by Gasteiger charge is -2.25. The van der Waals surface area contributed by atoms with Crippen LogP contribution in [-0.2, 0) is 4.74 Å². The molecule has 1 amide bonds. The van der Waals surface area contributed by atoms with E-state index in [4.69, 9.17) is 9.47 Å². The molecule has 5 nitrogen and oxygen atoms in total. The first-order valence-electron chi connectivity index (χ1n) is 8.34. The molecule has 3 rings (SSSR count). The van der Waals surface area contributed by atoms with Gasteiger partial charge in [0.25, 0.3) is 5.91 Å². The SMILES string of the molecule is CCOc1cccc(C(=O)N(C[C@@H]2CCCO2)c2ccncc2)c1. The largest absolute Gasteiger partial charge is 0.494 e. The standard InChI is InChI=1S/C19H22N2O3/c1-2-23-17-6-3-5-15(13-17)19(22)21(14-18-7-4-12-24-18)16-8-10-20-11-9-16/h3,5-6,8-11,13,18H,2,4,7,12,14H2,1H3/t18-/m0/s1. The number of benzene rings is 1. The zero-order chi connectivity index (χ0) is 16.8. The molecule has 0 unspecified atom stereocenters. The van der Waals surface area contributed by atoms with Crippen LogP contribution < -0.4 is 9.64 Å². The van der Waals surface area contributed by atoms with Gasteiger partial charge in [-0.05, 0) is 50.1 Å². The number of ether oxygens (including phenoxy) is 2. The maximum Gasteiger partial charge on any atom is 0.258 e. The molecule has 2 heterocycles. The number of carbonyl (C=O) groups excluding carboxylic acids is 1. The monoisotopic (exact) mass is 326 g/mol. The summed E-state index contributed by atoms with van der Waals surface area (Å²) >= 11 is 0. The van der Waals surface area contributed by atoms with Gasteiger partial charge in [-0.1, -0.05) is 6.07 Å². The van der Waals surface area contributed by atoms with Gasteiger partial charge in [-0.15, -0.1) is 0 Å². The Hall–Kier alpha value is -2.40. The Labute approximate surface area is 142 Å². The van der Waals surface area contributed by atoms with E-state index in [1.165, 1.54) is 0 Å². The molecule has 1 aliphatic rings. The van der Waals surface area contributed by atoms with Crippen LogP contribution in [0.15, 0.2) is 48.8 Å². The van der Waals surface area contributed by atoms with Crippen molar-refractivity contribution in [2.24, 2.45) is 0 Å². The average Bonchev–Trinajstić information content (AvgIpc) is 3.14. The highest BCUT2D eigenvalue weighted by Gasteiger charge is 2.25. The number of rotatable bonds is 6. The van der Waals surface area contributed by atoms with E-state index in [0.717, 1.165) is 25.1 Å². The molecule has 5 heteroatoms.